The number of hydrogen-bond acceptors (Lipinski definition) is 3. The first kappa shape index (κ1) is 24.9. The van der Waals surface area contributed by atoms with Crippen LogP contribution in [0.25, 0.3) is 0 Å². The highest BCUT2D eigenvalue weighted by Crippen LogP contribution is 2.23. The monoisotopic (exact) mass is 488 g/mol. The van der Waals surface area contributed by atoms with Crippen molar-refractivity contribution in [3.63, 3.8) is 0 Å². The minimum Gasteiger partial charge on any atom is -0.357 e. The van der Waals surface area contributed by atoms with Gasteiger partial charge in [0.25, 0.3) is 0 Å². The van der Waals surface area contributed by atoms with E-state index < -0.39 is 10.0 Å². The summed E-state index contributed by atoms with van der Waals surface area (Å²) in [7, 11) is -3.01. The molecule has 8 heteroatoms. The van der Waals surface area contributed by atoms with E-state index in [0.29, 0.717) is 19.6 Å². The molecule has 1 fully saturated rings. The molecule has 0 radical (unpaired) electrons. The number of rotatable bonds is 10. The van der Waals surface area contributed by atoms with Gasteiger partial charge in [-0.15, -0.1) is 24.0 Å². The first-order valence-corrected chi connectivity index (χ1v) is 10.9. The number of unbranched alkanes of at least 4 members (excludes halogenated alkanes) is 2. The molecule has 0 aliphatic carbocycles. The van der Waals surface area contributed by atoms with Crippen LogP contribution in [-0.4, -0.2) is 57.2 Å². The zero-order valence-electron chi connectivity index (χ0n) is 16.3. The summed E-state index contributed by atoms with van der Waals surface area (Å²) in [5.74, 6) is 1.06. The van der Waals surface area contributed by atoms with Gasteiger partial charge in [0.2, 0.25) is 10.0 Å². The van der Waals surface area contributed by atoms with Crippen molar-refractivity contribution in [3.8, 4) is 0 Å². The molecule has 1 rings (SSSR count). The normalized spacial score (nSPS) is 18.0. The number of halogens is 1. The molecule has 0 spiro atoms. The first-order chi connectivity index (χ1) is 11.3. The van der Waals surface area contributed by atoms with Gasteiger partial charge >= 0.3 is 0 Å². The molecule has 0 aromatic carbocycles. The average molecular weight is 488 g/mol. The zero-order chi connectivity index (χ0) is 18.1. The van der Waals surface area contributed by atoms with Crippen LogP contribution in [0.4, 0.5) is 0 Å². The van der Waals surface area contributed by atoms with Gasteiger partial charge in [0.05, 0.1) is 5.75 Å². The molecule has 25 heavy (non-hydrogen) atoms. The van der Waals surface area contributed by atoms with Crippen molar-refractivity contribution in [3.05, 3.63) is 0 Å². The molecule has 0 unspecified atom stereocenters. The van der Waals surface area contributed by atoms with Crippen LogP contribution < -0.4 is 10.6 Å². The summed E-state index contributed by atoms with van der Waals surface area (Å²) in [5.41, 5.74) is 0.190. The van der Waals surface area contributed by atoms with E-state index in [1.54, 1.807) is 4.31 Å². The van der Waals surface area contributed by atoms with E-state index >= 15 is 0 Å². The predicted molar refractivity (Wildman–Crippen MR) is 117 cm³/mol. The van der Waals surface area contributed by atoms with Crippen molar-refractivity contribution in [1.82, 2.24) is 14.9 Å². The number of guanidine groups is 1. The van der Waals surface area contributed by atoms with Crippen LogP contribution in [0.1, 0.15) is 59.8 Å². The Balaban J connectivity index is 0.00000576. The second kappa shape index (κ2) is 12.3. The lowest BCUT2D eigenvalue weighted by Crippen LogP contribution is -2.42. The topological polar surface area (TPSA) is 73.8 Å². The van der Waals surface area contributed by atoms with Crippen molar-refractivity contribution in [1.29, 1.82) is 0 Å². The third-order valence-electron chi connectivity index (χ3n) is 4.32. The maximum Gasteiger partial charge on any atom is 0.214 e. The fourth-order valence-corrected chi connectivity index (χ4v) is 4.34. The number of nitrogens with one attached hydrogen (secondary N) is 2. The van der Waals surface area contributed by atoms with E-state index in [-0.39, 0.29) is 35.1 Å². The van der Waals surface area contributed by atoms with E-state index in [9.17, 15) is 8.42 Å². The summed E-state index contributed by atoms with van der Waals surface area (Å²) < 4.78 is 25.2. The van der Waals surface area contributed by atoms with Crippen molar-refractivity contribution >= 4 is 40.0 Å². The number of nitrogens with zero attached hydrogens (tertiary/aromatic N) is 2. The molecule has 1 aliphatic rings. The molecule has 0 saturated carbocycles. The molecular formula is C17H37IN4O2S. The largest absolute Gasteiger partial charge is 0.357 e. The van der Waals surface area contributed by atoms with Crippen LogP contribution in [0.15, 0.2) is 4.99 Å². The lowest BCUT2D eigenvalue weighted by atomic mass is 9.87. The fraction of sp³-hybridized carbons (Fsp3) is 0.941. The third-order valence-corrected chi connectivity index (χ3v) is 6.28. The minimum absolute atomic E-state index is 0. The second-order valence-electron chi connectivity index (χ2n) is 7.31. The minimum atomic E-state index is -3.01. The SMILES string of the molecule is CCCCCC(C)(C)CN=C(NCC)NCCN1CCCS1(=O)=O.I. The number of hydrogen-bond donors (Lipinski definition) is 2. The lowest BCUT2D eigenvalue weighted by molar-refractivity contribution is 0.332. The van der Waals surface area contributed by atoms with E-state index in [1.165, 1.54) is 25.7 Å². The van der Waals surface area contributed by atoms with E-state index in [2.05, 4.69) is 31.4 Å². The molecule has 0 atom stereocenters. The highest BCUT2D eigenvalue weighted by atomic mass is 127. The van der Waals surface area contributed by atoms with Gasteiger partial charge in [-0.3, -0.25) is 4.99 Å². The van der Waals surface area contributed by atoms with E-state index in [4.69, 9.17) is 4.99 Å². The van der Waals surface area contributed by atoms with Gasteiger partial charge in [0.15, 0.2) is 5.96 Å². The Kier molecular flexibility index (Phi) is 12.3. The quantitative estimate of drug-likeness (QED) is 0.215. The van der Waals surface area contributed by atoms with Crippen molar-refractivity contribution in [2.45, 2.75) is 59.8 Å². The molecule has 0 aromatic heterocycles. The van der Waals surface area contributed by atoms with Gasteiger partial charge in [0, 0.05) is 32.7 Å². The lowest BCUT2D eigenvalue weighted by Gasteiger charge is -2.23. The first-order valence-electron chi connectivity index (χ1n) is 9.31. The van der Waals surface area contributed by atoms with Crippen LogP contribution in [0.5, 0.6) is 0 Å². The Hall–Kier alpha value is -0.0900. The molecule has 2 N–H and O–H groups in total. The van der Waals surface area contributed by atoms with Crippen molar-refractivity contribution in [2.75, 3.05) is 38.5 Å². The molecule has 1 saturated heterocycles. The molecule has 1 aliphatic heterocycles. The highest BCUT2D eigenvalue weighted by molar-refractivity contribution is 14.0. The fourth-order valence-electron chi connectivity index (χ4n) is 2.81. The Morgan fingerprint density at radius 3 is 2.48 bits per heavy atom. The Bertz CT molecular complexity index is 495. The average Bonchev–Trinajstić information content (AvgIpc) is 2.84. The van der Waals surface area contributed by atoms with E-state index in [0.717, 1.165) is 25.5 Å². The predicted octanol–water partition coefficient (Wildman–Crippen LogP) is 2.80. The summed E-state index contributed by atoms with van der Waals surface area (Å²) in [6.45, 7) is 12.1. The summed E-state index contributed by atoms with van der Waals surface area (Å²) >= 11 is 0. The van der Waals surface area contributed by atoms with Crippen molar-refractivity contribution in [2.24, 2.45) is 10.4 Å². The summed E-state index contributed by atoms with van der Waals surface area (Å²) in [6, 6.07) is 0. The van der Waals surface area contributed by atoms with Crippen LogP contribution in [-0.2, 0) is 10.0 Å². The molecule has 1 heterocycles. The molecule has 0 aromatic rings. The molecule has 0 bridgehead atoms. The summed E-state index contributed by atoms with van der Waals surface area (Å²) in [6.07, 6.45) is 5.67. The van der Waals surface area contributed by atoms with Crippen LogP contribution >= 0.6 is 24.0 Å². The maximum atomic E-state index is 11.8. The summed E-state index contributed by atoms with van der Waals surface area (Å²) in [4.78, 5) is 4.69. The van der Waals surface area contributed by atoms with Gasteiger partial charge < -0.3 is 10.6 Å². The zero-order valence-corrected chi connectivity index (χ0v) is 19.5. The molecule has 6 nitrogen and oxygen atoms in total. The second-order valence-corrected chi connectivity index (χ2v) is 9.40. The maximum absolute atomic E-state index is 11.8. The van der Waals surface area contributed by atoms with Crippen LogP contribution in [0.3, 0.4) is 0 Å². The third kappa shape index (κ3) is 9.98. The van der Waals surface area contributed by atoms with Gasteiger partial charge in [-0.05, 0) is 25.2 Å². The Morgan fingerprint density at radius 1 is 1.20 bits per heavy atom. The standard InChI is InChI=1S/C17H36N4O2S.HI/c1-5-7-8-10-17(3,4)15-20-16(18-6-2)19-11-13-21-12-9-14-24(21,22)23;/h5-15H2,1-4H3,(H2,18,19,20);1H. The number of aliphatic imine (C=N–C) groups is 1. The van der Waals surface area contributed by atoms with Crippen LogP contribution in [0, 0.1) is 5.41 Å². The van der Waals surface area contributed by atoms with Gasteiger partial charge in [-0.1, -0.05) is 40.0 Å². The highest BCUT2D eigenvalue weighted by Gasteiger charge is 2.27. The van der Waals surface area contributed by atoms with Gasteiger partial charge in [-0.2, -0.15) is 0 Å². The summed E-state index contributed by atoms with van der Waals surface area (Å²) in [5, 5.41) is 6.50. The smallest absolute Gasteiger partial charge is 0.214 e. The van der Waals surface area contributed by atoms with Gasteiger partial charge in [0.1, 0.15) is 0 Å². The van der Waals surface area contributed by atoms with Crippen molar-refractivity contribution < 1.29 is 8.42 Å². The van der Waals surface area contributed by atoms with E-state index in [1.807, 2.05) is 6.92 Å². The molecule has 150 valence electrons. The molecule has 0 amide bonds. The Morgan fingerprint density at radius 2 is 1.92 bits per heavy atom. The van der Waals surface area contributed by atoms with Crippen LogP contribution in [0.2, 0.25) is 0 Å². The molecular weight excluding hydrogens is 451 g/mol. The number of sulfonamides is 1. The Labute approximate surface area is 171 Å². The van der Waals surface area contributed by atoms with Gasteiger partial charge in [-0.25, -0.2) is 12.7 Å².